The maximum atomic E-state index is 12.1. The van der Waals surface area contributed by atoms with Crippen LogP contribution >= 0.6 is 0 Å². The summed E-state index contributed by atoms with van der Waals surface area (Å²) in [5.41, 5.74) is 9.38. The van der Waals surface area contributed by atoms with Crippen molar-refractivity contribution in [2.24, 2.45) is 0 Å². The second-order valence-corrected chi connectivity index (χ2v) is 4.40. The number of halogens is 1. The summed E-state index contributed by atoms with van der Waals surface area (Å²) >= 11 is 0. The number of aromatic nitrogens is 1. The van der Waals surface area contributed by atoms with E-state index >= 15 is 0 Å². The van der Waals surface area contributed by atoms with E-state index in [0.717, 1.165) is 22.5 Å². The molecule has 0 aliphatic heterocycles. The van der Waals surface area contributed by atoms with E-state index in [1.807, 2.05) is 61.0 Å². The maximum absolute atomic E-state index is 12.1. The topological polar surface area (TPSA) is 47.0 Å². The van der Waals surface area contributed by atoms with Crippen molar-refractivity contribution in [1.82, 2.24) is 0 Å². The van der Waals surface area contributed by atoms with E-state index in [0.29, 0.717) is 6.54 Å². The first kappa shape index (κ1) is 15.4. The van der Waals surface area contributed by atoms with Gasteiger partial charge in [-0.1, -0.05) is 30.3 Å². The Hall–Kier alpha value is -1.68. The zero-order valence-corrected chi connectivity index (χ0v) is 12.6. The third-order valence-electron chi connectivity index (χ3n) is 3.25. The molecular weight excluding hydrogens is 304 g/mol. The van der Waals surface area contributed by atoms with Crippen molar-refractivity contribution in [3.8, 4) is 0 Å². The highest BCUT2D eigenvalue weighted by molar-refractivity contribution is 5.94. The van der Waals surface area contributed by atoms with E-state index in [4.69, 9.17) is 5.73 Å². The summed E-state index contributed by atoms with van der Waals surface area (Å²) < 4.78 is 1.93. The second-order valence-electron chi connectivity index (χ2n) is 4.40. The summed E-state index contributed by atoms with van der Waals surface area (Å²) in [4.78, 5) is 12.1. The van der Waals surface area contributed by atoms with Gasteiger partial charge >= 0.3 is 0 Å². The molecular formula is C15H17BrN2O. The predicted molar refractivity (Wildman–Crippen MR) is 71.3 cm³/mol. The highest BCUT2D eigenvalue weighted by atomic mass is 79.9. The highest BCUT2D eigenvalue weighted by Crippen LogP contribution is 2.10. The molecule has 1 aromatic heterocycles. The molecule has 0 atom stereocenters. The first-order chi connectivity index (χ1) is 8.59. The maximum Gasteiger partial charge on any atom is 0.227 e. The average molecular weight is 321 g/mol. The van der Waals surface area contributed by atoms with Crippen molar-refractivity contribution < 1.29 is 26.3 Å². The Kier molecular flexibility index (Phi) is 5.24. The minimum absolute atomic E-state index is 0. The lowest BCUT2D eigenvalue weighted by atomic mass is 10.1. The van der Waals surface area contributed by atoms with Gasteiger partial charge in [-0.15, -0.1) is 0 Å². The molecule has 0 saturated heterocycles. The first-order valence-electron chi connectivity index (χ1n) is 5.93. The van der Waals surface area contributed by atoms with Crippen LogP contribution in [0.4, 0.5) is 5.69 Å². The highest BCUT2D eigenvalue weighted by Gasteiger charge is 2.16. The molecule has 0 fully saturated rings. The van der Waals surface area contributed by atoms with Gasteiger partial charge in [0.15, 0.2) is 11.9 Å². The molecule has 2 N–H and O–H groups in total. The lowest BCUT2D eigenvalue weighted by Crippen LogP contribution is -3.00. The lowest BCUT2D eigenvalue weighted by molar-refractivity contribution is -0.689. The molecule has 2 aromatic rings. The quantitative estimate of drug-likeness (QED) is 0.586. The van der Waals surface area contributed by atoms with Crippen LogP contribution in [0.1, 0.15) is 21.6 Å². The molecule has 0 saturated carbocycles. The van der Waals surface area contributed by atoms with E-state index in [-0.39, 0.29) is 22.8 Å². The lowest BCUT2D eigenvalue weighted by Gasteiger charge is -2.05. The van der Waals surface area contributed by atoms with Crippen LogP contribution in [0.25, 0.3) is 0 Å². The summed E-state index contributed by atoms with van der Waals surface area (Å²) in [6, 6.07) is 11.2. The number of nitrogen functional groups attached to an aromatic ring is 1. The molecule has 1 aromatic carbocycles. The van der Waals surface area contributed by atoms with Crippen LogP contribution in [-0.2, 0) is 6.54 Å². The molecule has 4 heteroatoms. The Morgan fingerprint density at radius 2 is 1.79 bits per heavy atom. The van der Waals surface area contributed by atoms with Crippen LogP contribution in [0.5, 0.6) is 0 Å². The Morgan fingerprint density at radius 3 is 2.42 bits per heavy atom. The number of nitrogens with zero attached hydrogens (tertiary/aromatic N) is 1. The van der Waals surface area contributed by atoms with Gasteiger partial charge in [0.1, 0.15) is 0 Å². The number of ketones is 1. The van der Waals surface area contributed by atoms with Crippen LogP contribution in [0.3, 0.4) is 0 Å². The minimum Gasteiger partial charge on any atom is -1.00 e. The number of Topliss-reactive ketones (excluding diaryl/α,β-unsaturated/α-hetero) is 1. The normalized spacial score (nSPS) is 9.79. The number of pyridine rings is 1. The van der Waals surface area contributed by atoms with Crippen molar-refractivity contribution in [2.45, 2.75) is 20.4 Å². The molecule has 0 amide bonds. The smallest absolute Gasteiger partial charge is 0.227 e. The number of hydrogen-bond acceptors (Lipinski definition) is 2. The number of hydrogen-bond donors (Lipinski definition) is 1. The molecule has 100 valence electrons. The van der Waals surface area contributed by atoms with E-state index < -0.39 is 0 Å². The van der Waals surface area contributed by atoms with Gasteiger partial charge in [0.05, 0.1) is 0 Å². The zero-order valence-electron chi connectivity index (χ0n) is 11.1. The van der Waals surface area contributed by atoms with Gasteiger partial charge in [0, 0.05) is 29.8 Å². The Morgan fingerprint density at radius 1 is 1.16 bits per heavy atom. The van der Waals surface area contributed by atoms with Gasteiger partial charge in [0.2, 0.25) is 12.3 Å². The first-order valence-corrected chi connectivity index (χ1v) is 5.93. The fourth-order valence-corrected chi connectivity index (χ4v) is 1.87. The van der Waals surface area contributed by atoms with Gasteiger partial charge in [-0.05, 0) is 6.92 Å². The van der Waals surface area contributed by atoms with Crippen LogP contribution in [-0.4, -0.2) is 5.78 Å². The molecule has 0 bridgehead atoms. The second kappa shape index (κ2) is 6.48. The fourth-order valence-electron chi connectivity index (χ4n) is 1.87. The van der Waals surface area contributed by atoms with Crippen LogP contribution in [0.15, 0.2) is 42.6 Å². The number of anilines is 1. The van der Waals surface area contributed by atoms with Gasteiger partial charge in [-0.3, -0.25) is 4.79 Å². The summed E-state index contributed by atoms with van der Waals surface area (Å²) in [5, 5.41) is 0. The van der Waals surface area contributed by atoms with E-state index in [9.17, 15) is 4.79 Å². The standard InChI is InChI=1S/C15H16N2O.BrH/c1-11-12(2)17(9-8-14(11)16)10-15(18)13-6-4-3-5-7-13;/h3-9,16H,10H2,1-2H3;1H. The summed E-state index contributed by atoms with van der Waals surface area (Å²) in [5.74, 6) is 0.105. The fraction of sp³-hybridized carbons (Fsp3) is 0.200. The number of carbonyl (C=O) groups excluding carboxylic acids is 1. The van der Waals surface area contributed by atoms with Crippen LogP contribution in [0.2, 0.25) is 0 Å². The van der Waals surface area contributed by atoms with Gasteiger partial charge in [0.25, 0.3) is 0 Å². The van der Waals surface area contributed by atoms with E-state index in [1.165, 1.54) is 0 Å². The summed E-state index contributed by atoms with van der Waals surface area (Å²) in [7, 11) is 0. The predicted octanol–water partition coefficient (Wildman–Crippen LogP) is -0.940. The monoisotopic (exact) mass is 320 g/mol. The average Bonchev–Trinajstić information content (AvgIpc) is 2.40. The van der Waals surface area contributed by atoms with E-state index in [1.54, 1.807) is 0 Å². The van der Waals surface area contributed by atoms with Crippen LogP contribution < -0.4 is 27.3 Å². The number of nitrogens with two attached hydrogens (primary N) is 1. The summed E-state index contributed by atoms with van der Waals surface area (Å²) in [6.07, 6.45) is 1.86. The van der Waals surface area contributed by atoms with Crippen molar-refractivity contribution in [3.63, 3.8) is 0 Å². The zero-order chi connectivity index (χ0) is 13.1. The van der Waals surface area contributed by atoms with Crippen molar-refractivity contribution in [1.29, 1.82) is 0 Å². The molecule has 1 heterocycles. The third-order valence-corrected chi connectivity index (χ3v) is 3.25. The third kappa shape index (κ3) is 3.41. The van der Waals surface area contributed by atoms with Gasteiger partial charge in [-0.2, -0.15) is 4.57 Å². The minimum atomic E-state index is 0. The molecule has 0 spiro atoms. The summed E-state index contributed by atoms with van der Waals surface area (Å²) in [6.45, 7) is 4.29. The molecule has 0 radical (unpaired) electrons. The van der Waals surface area contributed by atoms with Crippen molar-refractivity contribution in [3.05, 3.63) is 59.4 Å². The number of benzene rings is 1. The largest absolute Gasteiger partial charge is 1.00 e. The van der Waals surface area contributed by atoms with Gasteiger partial charge < -0.3 is 22.7 Å². The Labute approximate surface area is 123 Å². The van der Waals surface area contributed by atoms with E-state index in [2.05, 4.69) is 0 Å². The molecule has 0 aliphatic carbocycles. The van der Waals surface area contributed by atoms with Crippen molar-refractivity contribution >= 4 is 11.5 Å². The molecule has 3 nitrogen and oxygen atoms in total. The molecule has 0 unspecified atom stereocenters. The van der Waals surface area contributed by atoms with Gasteiger partial charge in [-0.25, -0.2) is 0 Å². The van der Waals surface area contributed by atoms with Crippen molar-refractivity contribution in [2.75, 3.05) is 5.73 Å². The van der Waals surface area contributed by atoms with Crippen LogP contribution in [0, 0.1) is 13.8 Å². The Balaban J connectivity index is 0.00000180. The molecule has 0 aliphatic rings. The number of carbonyl (C=O) groups is 1. The number of rotatable bonds is 3. The molecule has 19 heavy (non-hydrogen) atoms. The SMILES string of the molecule is Cc1c(N)cc[n+](CC(=O)c2ccccc2)c1C.[Br-]. The Bertz CT molecular complexity index is 582. The molecule has 2 rings (SSSR count).